The summed E-state index contributed by atoms with van der Waals surface area (Å²) in [4.78, 5) is 108. The first kappa shape index (κ1) is 49.7. The SMILES string of the molecule is Cc1c(F)cc2nc3c(c4c2c1CC[C@@H]4NC(=O)OCc1ccc(NC(=O)[C@H](CCCNC(N)=O)NC(=O)[C@@H](NC(=O)CCC(=O)C(C)C)C(C)C)cc1)Cn1c-3cc2c(c1=O)COC(=O)[C@@]2(C)O. The number of cyclic esters (lactones) is 1. The number of Topliss-reactive ketones (excluding diaryl/α,β-unsaturated/α-hetero) is 1. The fourth-order valence-corrected chi connectivity index (χ4v) is 9.05. The third kappa shape index (κ3) is 10.4. The maximum atomic E-state index is 15.3. The quantitative estimate of drug-likeness (QED) is 0.0513. The number of urea groups is 1. The summed E-state index contributed by atoms with van der Waals surface area (Å²) in [6.07, 6.45) is 0.357. The smallest absolute Gasteiger partial charge is 0.407 e. The normalized spacial score (nSPS) is 17.5. The van der Waals surface area contributed by atoms with E-state index in [0.717, 1.165) is 5.56 Å². The van der Waals surface area contributed by atoms with Crippen molar-refractivity contribution in [2.45, 2.75) is 124 Å². The Hall–Kier alpha value is -7.22. The zero-order valence-electron chi connectivity index (χ0n) is 39.3. The van der Waals surface area contributed by atoms with Gasteiger partial charge in [-0.05, 0) is 85.9 Å². The number of aliphatic hydroxyl groups is 1. The highest BCUT2D eigenvalue weighted by atomic mass is 19.1. The van der Waals surface area contributed by atoms with Crippen LogP contribution < -0.4 is 37.9 Å². The summed E-state index contributed by atoms with van der Waals surface area (Å²) in [5, 5.41) is 25.3. The number of nitrogens with two attached hydrogens (primary N) is 1. The van der Waals surface area contributed by atoms with Crippen molar-refractivity contribution in [3.8, 4) is 11.4 Å². The molecule has 4 aromatic rings. The lowest BCUT2D eigenvalue weighted by Crippen LogP contribution is -2.54. The molecule has 20 heteroatoms. The third-order valence-electron chi connectivity index (χ3n) is 13.0. The van der Waals surface area contributed by atoms with Gasteiger partial charge in [-0.1, -0.05) is 39.8 Å². The molecule has 2 aromatic carbocycles. The van der Waals surface area contributed by atoms with Crippen LogP contribution in [0.25, 0.3) is 22.3 Å². The van der Waals surface area contributed by atoms with E-state index in [4.69, 9.17) is 20.2 Å². The molecular formula is C49H57FN8O11. The third-order valence-corrected chi connectivity index (χ3v) is 13.0. The molecule has 1 aliphatic carbocycles. The van der Waals surface area contributed by atoms with Crippen LogP contribution in [0.2, 0.25) is 0 Å². The van der Waals surface area contributed by atoms with E-state index in [0.29, 0.717) is 63.1 Å². The highest BCUT2D eigenvalue weighted by molar-refractivity contribution is 5.99. The molecule has 2 aliphatic heterocycles. The van der Waals surface area contributed by atoms with Crippen molar-refractivity contribution >= 4 is 58.2 Å². The topological polar surface area (TPSA) is 279 Å². The van der Waals surface area contributed by atoms with Gasteiger partial charge in [0.25, 0.3) is 5.56 Å². The highest BCUT2D eigenvalue weighted by Crippen LogP contribution is 2.45. The molecular weight excluding hydrogens is 896 g/mol. The van der Waals surface area contributed by atoms with E-state index in [1.54, 1.807) is 65.0 Å². The maximum absolute atomic E-state index is 15.3. The number of esters is 1. The van der Waals surface area contributed by atoms with Crippen molar-refractivity contribution in [2.24, 2.45) is 17.6 Å². The number of primary amides is 1. The number of nitrogens with zero attached hydrogens (tertiary/aromatic N) is 2. The number of ether oxygens (including phenoxy) is 2. The minimum absolute atomic E-state index is 0.0297. The van der Waals surface area contributed by atoms with Crippen LogP contribution in [0, 0.1) is 24.6 Å². The molecule has 19 nitrogen and oxygen atoms in total. The van der Waals surface area contributed by atoms with Crippen LogP contribution in [-0.4, -0.2) is 74.9 Å². The van der Waals surface area contributed by atoms with Crippen molar-refractivity contribution in [2.75, 3.05) is 11.9 Å². The Morgan fingerprint density at radius 3 is 2.41 bits per heavy atom. The predicted octanol–water partition coefficient (Wildman–Crippen LogP) is 4.07. The van der Waals surface area contributed by atoms with E-state index in [-0.39, 0.29) is 80.7 Å². The minimum Gasteiger partial charge on any atom is -0.458 e. The number of amides is 6. The molecule has 4 heterocycles. The van der Waals surface area contributed by atoms with Crippen LogP contribution in [0.1, 0.15) is 112 Å². The number of benzene rings is 2. The van der Waals surface area contributed by atoms with E-state index in [9.17, 15) is 43.5 Å². The van der Waals surface area contributed by atoms with Crippen molar-refractivity contribution in [1.82, 2.24) is 30.8 Å². The number of alkyl carbamates (subject to hydrolysis) is 1. The van der Waals surface area contributed by atoms with Crippen LogP contribution in [0.4, 0.5) is 19.7 Å². The second-order valence-corrected chi connectivity index (χ2v) is 18.6. The van der Waals surface area contributed by atoms with Gasteiger partial charge in [-0.3, -0.25) is 24.0 Å². The second-order valence-electron chi connectivity index (χ2n) is 18.6. The Kier molecular flexibility index (Phi) is 14.5. The van der Waals surface area contributed by atoms with Crippen LogP contribution in [0.5, 0.6) is 0 Å². The fraction of sp³-hybridized carbons (Fsp3) is 0.449. The Bertz CT molecular complexity index is 2820. The summed E-state index contributed by atoms with van der Waals surface area (Å²) < 4.78 is 27.6. The van der Waals surface area contributed by atoms with Gasteiger partial charge in [-0.2, -0.15) is 0 Å². The van der Waals surface area contributed by atoms with E-state index >= 15 is 4.39 Å². The van der Waals surface area contributed by atoms with Gasteiger partial charge in [0.05, 0.1) is 35.1 Å². The van der Waals surface area contributed by atoms with Crippen LogP contribution in [-0.2, 0) is 65.2 Å². The lowest BCUT2D eigenvalue weighted by atomic mass is 9.81. The fourth-order valence-electron chi connectivity index (χ4n) is 9.05. The van der Waals surface area contributed by atoms with Crippen LogP contribution in [0.15, 0.2) is 41.2 Å². The molecule has 366 valence electrons. The molecule has 8 N–H and O–H groups in total. The number of nitrogens with one attached hydrogen (secondary N) is 5. The van der Waals surface area contributed by atoms with Crippen molar-refractivity contribution in [3.63, 3.8) is 0 Å². The van der Waals surface area contributed by atoms with Crippen LogP contribution in [0.3, 0.4) is 0 Å². The molecule has 6 amide bonds. The van der Waals surface area contributed by atoms with Crippen molar-refractivity contribution in [3.05, 3.63) is 91.5 Å². The molecule has 69 heavy (non-hydrogen) atoms. The van der Waals surface area contributed by atoms with E-state index in [2.05, 4.69) is 26.6 Å². The van der Waals surface area contributed by atoms with Gasteiger partial charge in [0.1, 0.15) is 36.9 Å². The summed E-state index contributed by atoms with van der Waals surface area (Å²) in [5.41, 5.74) is 7.32. The maximum Gasteiger partial charge on any atom is 0.407 e. The lowest BCUT2D eigenvalue weighted by Gasteiger charge is -2.29. The van der Waals surface area contributed by atoms with Crippen molar-refractivity contribution < 1.29 is 52.5 Å². The number of pyridine rings is 2. The number of rotatable bonds is 17. The van der Waals surface area contributed by atoms with Gasteiger partial charge in [0.15, 0.2) is 5.60 Å². The van der Waals surface area contributed by atoms with Crippen LogP contribution >= 0.6 is 0 Å². The standard InChI is InChI=1S/C49H57FN8O11/c1-23(2)37(59)15-16-38(60)57-41(24(3)4)44(62)55-34(8-7-17-52-47(51)65)43(61)53-27-11-9-26(10-12-27)21-69-48(66)56-33-14-13-28-25(5)32(50)19-35-39(28)40(33)29-20-58-36(42(29)54-35)18-31-30(45(58)63)22-68-46(64)49(31,6)67/h9-12,18-19,23-24,33-34,41,67H,7-8,13-17,20-22H2,1-6H3,(H,53,61)(H,55,62)(H,56,66)(H,57,60)(H3,51,52,65)/t33-,34-,41-,49-/m0/s1. The number of halogens is 1. The molecule has 0 spiro atoms. The Balaban J connectivity index is 1.03. The van der Waals surface area contributed by atoms with E-state index in [1.807, 2.05) is 0 Å². The minimum atomic E-state index is -2.08. The first-order valence-electron chi connectivity index (χ1n) is 23.0. The number of carbonyl (C=O) groups is 7. The zero-order valence-corrected chi connectivity index (χ0v) is 39.3. The predicted molar refractivity (Wildman–Crippen MR) is 249 cm³/mol. The first-order chi connectivity index (χ1) is 32.7. The van der Waals surface area contributed by atoms with Crippen molar-refractivity contribution in [1.29, 1.82) is 0 Å². The summed E-state index contributed by atoms with van der Waals surface area (Å²) >= 11 is 0. The first-order valence-corrected chi connectivity index (χ1v) is 23.0. The Morgan fingerprint density at radius 1 is 1.00 bits per heavy atom. The number of aromatic nitrogens is 2. The van der Waals surface area contributed by atoms with Gasteiger partial charge >= 0.3 is 18.1 Å². The van der Waals surface area contributed by atoms with Gasteiger partial charge in [0.2, 0.25) is 17.7 Å². The molecule has 0 saturated carbocycles. The molecule has 0 fully saturated rings. The Morgan fingerprint density at radius 2 is 1.72 bits per heavy atom. The molecule has 3 aliphatic rings. The second kappa shape index (κ2) is 20.2. The molecule has 7 rings (SSSR count). The molecule has 0 saturated heterocycles. The molecule has 2 aromatic heterocycles. The number of hydrogen-bond donors (Lipinski definition) is 7. The number of carbonyl (C=O) groups excluding carboxylic acids is 7. The van der Waals surface area contributed by atoms with E-state index < -0.39 is 70.9 Å². The molecule has 4 atom stereocenters. The average Bonchev–Trinajstić information content (AvgIpc) is 3.67. The lowest BCUT2D eigenvalue weighted by molar-refractivity contribution is -0.169. The number of hydrogen-bond acceptors (Lipinski definition) is 12. The number of fused-ring (bicyclic) bond motifs is 5. The molecule has 0 bridgehead atoms. The highest BCUT2D eigenvalue weighted by Gasteiger charge is 2.44. The molecule has 0 radical (unpaired) electrons. The van der Waals surface area contributed by atoms with Gasteiger partial charge in [-0.25, -0.2) is 23.8 Å². The summed E-state index contributed by atoms with van der Waals surface area (Å²) in [7, 11) is 0. The van der Waals surface area contributed by atoms with Gasteiger partial charge in [-0.15, -0.1) is 0 Å². The summed E-state index contributed by atoms with van der Waals surface area (Å²) in [6, 6.07) is 5.86. The van der Waals surface area contributed by atoms with Gasteiger partial charge in [0, 0.05) is 53.6 Å². The number of anilines is 1. The monoisotopic (exact) mass is 952 g/mol. The van der Waals surface area contributed by atoms with Gasteiger partial charge < -0.3 is 51.5 Å². The zero-order chi connectivity index (χ0) is 50.1. The Labute approximate surface area is 396 Å². The summed E-state index contributed by atoms with van der Waals surface area (Å²) in [5.74, 6) is -3.68. The largest absolute Gasteiger partial charge is 0.458 e. The average molecular weight is 953 g/mol. The number of aryl methyl sites for hydroxylation is 1. The summed E-state index contributed by atoms with van der Waals surface area (Å²) in [6.45, 7) is 9.62. The number of ketones is 1. The van der Waals surface area contributed by atoms with E-state index in [1.165, 1.54) is 17.6 Å². The molecule has 0 unspecified atom stereocenters.